The molecule has 0 unspecified atom stereocenters. The molecule has 0 fully saturated rings. The van der Waals surface area contributed by atoms with E-state index in [-0.39, 0.29) is 12.2 Å². The summed E-state index contributed by atoms with van der Waals surface area (Å²) in [4.78, 5) is 10.5. The van der Waals surface area contributed by atoms with Crippen LogP contribution in [-0.4, -0.2) is 21.3 Å². The molecule has 1 aromatic carbocycles. The highest BCUT2D eigenvalue weighted by Crippen LogP contribution is 2.23. The smallest absolute Gasteiger partial charge is 0.303 e. The summed E-state index contributed by atoms with van der Waals surface area (Å²) >= 11 is 0. The van der Waals surface area contributed by atoms with E-state index in [1.54, 1.807) is 18.3 Å². The number of aryl methyl sites for hydroxylation is 1. The largest absolute Gasteiger partial charge is 0.481 e. The van der Waals surface area contributed by atoms with Crippen LogP contribution in [0.1, 0.15) is 12.1 Å². The molecule has 1 aromatic heterocycles. The fourth-order valence-electron chi connectivity index (χ4n) is 1.61. The highest BCUT2D eigenvalue weighted by atomic mass is 19.1. The van der Waals surface area contributed by atoms with E-state index in [2.05, 4.69) is 10.2 Å². The number of halogens is 1. The van der Waals surface area contributed by atoms with Gasteiger partial charge in [0.25, 0.3) is 0 Å². The normalized spacial score (nSPS) is 10.4. The molecule has 5 heteroatoms. The first-order valence-corrected chi connectivity index (χ1v) is 5.17. The minimum absolute atomic E-state index is 0.0381. The van der Waals surface area contributed by atoms with Crippen molar-refractivity contribution < 1.29 is 14.3 Å². The fraction of sp³-hybridized carbons (Fsp3) is 0.167. The van der Waals surface area contributed by atoms with E-state index in [1.807, 2.05) is 0 Å². The summed E-state index contributed by atoms with van der Waals surface area (Å²) in [5, 5.41) is 15.3. The third-order valence-electron chi connectivity index (χ3n) is 2.46. The van der Waals surface area contributed by atoms with Crippen LogP contribution in [0.3, 0.4) is 0 Å². The zero-order chi connectivity index (χ0) is 12.3. The van der Waals surface area contributed by atoms with Gasteiger partial charge in [-0.15, -0.1) is 0 Å². The van der Waals surface area contributed by atoms with Gasteiger partial charge in [0.15, 0.2) is 0 Å². The average Bonchev–Trinajstić information content (AvgIpc) is 2.75. The maximum Gasteiger partial charge on any atom is 0.303 e. The van der Waals surface area contributed by atoms with E-state index in [0.29, 0.717) is 6.42 Å². The number of hydrogen-bond acceptors (Lipinski definition) is 2. The van der Waals surface area contributed by atoms with Gasteiger partial charge in [0.2, 0.25) is 0 Å². The third kappa shape index (κ3) is 2.69. The zero-order valence-corrected chi connectivity index (χ0v) is 8.98. The van der Waals surface area contributed by atoms with Gasteiger partial charge in [-0.05, 0) is 17.7 Å². The first-order valence-electron chi connectivity index (χ1n) is 5.17. The molecule has 0 aliphatic heterocycles. The molecule has 88 valence electrons. The second kappa shape index (κ2) is 4.78. The quantitative estimate of drug-likeness (QED) is 0.852. The average molecular weight is 234 g/mol. The first kappa shape index (κ1) is 11.3. The van der Waals surface area contributed by atoms with Gasteiger partial charge >= 0.3 is 5.97 Å². The monoisotopic (exact) mass is 234 g/mol. The molecule has 0 atom stereocenters. The van der Waals surface area contributed by atoms with Crippen LogP contribution in [0.15, 0.2) is 30.5 Å². The second-order valence-electron chi connectivity index (χ2n) is 3.66. The van der Waals surface area contributed by atoms with Crippen LogP contribution in [0.5, 0.6) is 0 Å². The standard InChI is InChI=1S/C12H11FN2O2/c13-9-3-1-8(2-4-9)10-7-14-15-11(10)5-6-12(16)17/h1-4,7H,5-6H2,(H,14,15)(H,16,17). The van der Waals surface area contributed by atoms with Crippen LogP contribution in [0.25, 0.3) is 11.1 Å². The van der Waals surface area contributed by atoms with Crippen molar-refractivity contribution in [2.75, 3.05) is 0 Å². The van der Waals surface area contributed by atoms with Gasteiger partial charge in [-0.25, -0.2) is 4.39 Å². The van der Waals surface area contributed by atoms with E-state index in [0.717, 1.165) is 16.8 Å². The Labute approximate surface area is 97.1 Å². The maximum atomic E-state index is 12.8. The number of hydrogen-bond donors (Lipinski definition) is 2. The number of aromatic amines is 1. The van der Waals surface area contributed by atoms with Crippen molar-refractivity contribution in [3.63, 3.8) is 0 Å². The summed E-state index contributed by atoms with van der Waals surface area (Å²) < 4.78 is 12.8. The molecule has 1 heterocycles. The minimum Gasteiger partial charge on any atom is -0.481 e. The Hall–Kier alpha value is -2.17. The Balaban J connectivity index is 2.24. The maximum absolute atomic E-state index is 12.8. The number of aliphatic carboxylic acids is 1. The molecule has 2 rings (SSSR count). The predicted molar refractivity (Wildman–Crippen MR) is 59.9 cm³/mol. The molecule has 0 spiro atoms. The van der Waals surface area contributed by atoms with Gasteiger partial charge < -0.3 is 5.11 Å². The lowest BCUT2D eigenvalue weighted by Gasteiger charge is -2.01. The number of benzene rings is 1. The molecule has 0 radical (unpaired) electrons. The predicted octanol–water partition coefficient (Wildman–Crippen LogP) is 2.23. The highest BCUT2D eigenvalue weighted by molar-refractivity contribution is 5.69. The van der Waals surface area contributed by atoms with Crippen LogP contribution in [0.2, 0.25) is 0 Å². The van der Waals surface area contributed by atoms with Gasteiger partial charge in [-0.3, -0.25) is 9.89 Å². The molecule has 2 aromatic rings. The Morgan fingerprint density at radius 1 is 1.35 bits per heavy atom. The second-order valence-corrected chi connectivity index (χ2v) is 3.66. The number of aromatic nitrogens is 2. The van der Waals surface area contributed by atoms with Crippen LogP contribution in [0, 0.1) is 5.82 Å². The molecule has 0 saturated heterocycles. The summed E-state index contributed by atoms with van der Waals surface area (Å²) in [5.74, 6) is -1.16. The molecule has 2 N–H and O–H groups in total. The van der Waals surface area contributed by atoms with E-state index in [4.69, 9.17) is 5.11 Å². The SMILES string of the molecule is O=C(O)CCc1[nH]ncc1-c1ccc(F)cc1. The molecule has 0 bridgehead atoms. The summed E-state index contributed by atoms with van der Waals surface area (Å²) in [7, 11) is 0. The fourth-order valence-corrected chi connectivity index (χ4v) is 1.61. The van der Waals surface area contributed by atoms with E-state index in [9.17, 15) is 9.18 Å². The van der Waals surface area contributed by atoms with Crippen molar-refractivity contribution in [3.8, 4) is 11.1 Å². The van der Waals surface area contributed by atoms with Crippen molar-refractivity contribution in [2.45, 2.75) is 12.8 Å². The van der Waals surface area contributed by atoms with Crippen LogP contribution in [-0.2, 0) is 11.2 Å². The molecule has 0 amide bonds. The summed E-state index contributed by atoms with van der Waals surface area (Å²) in [5.41, 5.74) is 2.38. The first-order chi connectivity index (χ1) is 8.16. The Morgan fingerprint density at radius 2 is 2.06 bits per heavy atom. The molecule has 0 saturated carbocycles. The van der Waals surface area contributed by atoms with E-state index >= 15 is 0 Å². The highest BCUT2D eigenvalue weighted by Gasteiger charge is 2.09. The van der Waals surface area contributed by atoms with Crippen molar-refractivity contribution in [3.05, 3.63) is 42.0 Å². The van der Waals surface area contributed by atoms with Crippen molar-refractivity contribution in [1.29, 1.82) is 0 Å². The number of nitrogens with one attached hydrogen (secondary N) is 1. The Bertz CT molecular complexity index is 520. The van der Waals surface area contributed by atoms with Gasteiger partial charge in [0.1, 0.15) is 5.82 Å². The van der Waals surface area contributed by atoms with E-state index in [1.165, 1.54) is 12.1 Å². The number of rotatable bonds is 4. The molecule has 4 nitrogen and oxygen atoms in total. The number of carbonyl (C=O) groups is 1. The van der Waals surface area contributed by atoms with Crippen molar-refractivity contribution >= 4 is 5.97 Å². The van der Waals surface area contributed by atoms with Crippen LogP contribution >= 0.6 is 0 Å². The lowest BCUT2D eigenvalue weighted by atomic mass is 10.0. The molecular formula is C12H11FN2O2. The van der Waals surface area contributed by atoms with Crippen molar-refractivity contribution in [2.24, 2.45) is 0 Å². The van der Waals surface area contributed by atoms with Gasteiger partial charge in [0, 0.05) is 17.7 Å². The lowest BCUT2D eigenvalue weighted by Crippen LogP contribution is -1.98. The number of carboxylic acid groups (broad SMARTS) is 1. The summed E-state index contributed by atoms with van der Waals surface area (Å²) in [6.07, 6.45) is 2.03. The van der Waals surface area contributed by atoms with Crippen LogP contribution in [0.4, 0.5) is 4.39 Å². The molecule has 17 heavy (non-hydrogen) atoms. The third-order valence-corrected chi connectivity index (χ3v) is 2.46. The lowest BCUT2D eigenvalue weighted by molar-refractivity contribution is -0.136. The van der Waals surface area contributed by atoms with Crippen molar-refractivity contribution in [1.82, 2.24) is 10.2 Å². The molecule has 0 aliphatic rings. The number of carboxylic acids is 1. The van der Waals surface area contributed by atoms with Gasteiger partial charge in [0.05, 0.1) is 12.6 Å². The summed E-state index contributed by atoms with van der Waals surface area (Å²) in [6.45, 7) is 0. The van der Waals surface area contributed by atoms with E-state index < -0.39 is 5.97 Å². The van der Waals surface area contributed by atoms with Gasteiger partial charge in [-0.1, -0.05) is 12.1 Å². The van der Waals surface area contributed by atoms with Gasteiger partial charge in [-0.2, -0.15) is 5.10 Å². The minimum atomic E-state index is -0.857. The topological polar surface area (TPSA) is 66.0 Å². The number of H-pyrrole nitrogens is 1. The number of nitrogens with zero attached hydrogens (tertiary/aromatic N) is 1. The zero-order valence-electron chi connectivity index (χ0n) is 8.98. The Morgan fingerprint density at radius 3 is 2.71 bits per heavy atom. The Kier molecular flexibility index (Phi) is 3.18. The molecular weight excluding hydrogens is 223 g/mol. The molecule has 0 aliphatic carbocycles. The summed E-state index contributed by atoms with van der Waals surface area (Å²) in [6, 6.07) is 6.02. The van der Waals surface area contributed by atoms with Crippen LogP contribution < -0.4 is 0 Å².